The fraction of sp³-hybridized carbons (Fsp3) is 0.529. The molecule has 4 rings (SSSR count). The number of hydrogen-bond acceptors (Lipinski definition) is 7. The molecular formula is C17H20F3N5O2S. The van der Waals surface area contributed by atoms with E-state index >= 15 is 0 Å². The fourth-order valence-corrected chi connectivity index (χ4v) is 4.11. The van der Waals surface area contributed by atoms with Gasteiger partial charge in [-0.05, 0) is 24.3 Å². The van der Waals surface area contributed by atoms with Crippen LogP contribution in [0.15, 0.2) is 24.0 Å². The summed E-state index contributed by atoms with van der Waals surface area (Å²) in [6.45, 7) is 7.55. The Morgan fingerprint density at radius 1 is 1.18 bits per heavy atom. The van der Waals surface area contributed by atoms with Gasteiger partial charge in [-0.3, -0.25) is 4.90 Å². The average Bonchev–Trinajstić information content (AvgIpc) is 3.32. The van der Waals surface area contributed by atoms with Crippen molar-refractivity contribution in [1.82, 2.24) is 19.9 Å². The highest BCUT2D eigenvalue weighted by molar-refractivity contribution is 7.09. The lowest BCUT2D eigenvalue weighted by molar-refractivity contribution is -0.192. The van der Waals surface area contributed by atoms with Crippen molar-refractivity contribution < 1.29 is 23.1 Å². The number of alkyl halides is 3. The molecule has 0 radical (unpaired) electrons. The molecule has 2 aromatic rings. The highest BCUT2D eigenvalue weighted by Gasteiger charge is 2.40. The summed E-state index contributed by atoms with van der Waals surface area (Å²) in [4.78, 5) is 27.1. The first-order valence-electron chi connectivity index (χ1n) is 8.67. The summed E-state index contributed by atoms with van der Waals surface area (Å²) in [5.41, 5.74) is 1.12. The van der Waals surface area contributed by atoms with Gasteiger partial charge in [-0.15, -0.1) is 11.3 Å². The number of thiazole rings is 1. The number of likely N-dealkylation sites (tertiary alicyclic amines) is 1. The number of anilines is 1. The van der Waals surface area contributed by atoms with Crippen molar-refractivity contribution in [3.8, 4) is 0 Å². The van der Waals surface area contributed by atoms with Crippen molar-refractivity contribution in [2.24, 2.45) is 11.8 Å². The number of aromatic nitrogens is 3. The average molecular weight is 415 g/mol. The number of fused-ring (bicyclic) bond motifs is 1. The molecule has 2 aliphatic rings. The second-order valence-electron chi connectivity index (χ2n) is 6.91. The van der Waals surface area contributed by atoms with Crippen LogP contribution >= 0.6 is 11.3 Å². The lowest BCUT2D eigenvalue weighted by Gasteiger charge is -2.20. The first kappa shape index (κ1) is 20.5. The molecule has 2 saturated heterocycles. The second-order valence-corrected chi connectivity index (χ2v) is 7.89. The third-order valence-corrected chi connectivity index (χ3v) is 5.46. The summed E-state index contributed by atoms with van der Waals surface area (Å²) >= 11 is 1.75. The van der Waals surface area contributed by atoms with E-state index in [9.17, 15) is 13.2 Å². The van der Waals surface area contributed by atoms with Gasteiger partial charge in [-0.25, -0.2) is 19.7 Å². The van der Waals surface area contributed by atoms with E-state index < -0.39 is 12.1 Å². The lowest BCUT2D eigenvalue weighted by atomic mass is 10.0. The zero-order valence-corrected chi connectivity index (χ0v) is 15.9. The van der Waals surface area contributed by atoms with Gasteiger partial charge < -0.3 is 10.0 Å². The molecule has 2 atom stereocenters. The van der Waals surface area contributed by atoms with E-state index in [0.29, 0.717) is 0 Å². The van der Waals surface area contributed by atoms with Gasteiger partial charge in [0.15, 0.2) is 0 Å². The lowest BCUT2D eigenvalue weighted by Crippen LogP contribution is -2.29. The molecule has 28 heavy (non-hydrogen) atoms. The molecule has 4 heterocycles. The molecule has 2 fully saturated rings. The zero-order chi connectivity index (χ0) is 20.3. The first-order valence-corrected chi connectivity index (χ1v) is 9.54. The fourth-order valence-electron chi connectivity index (χ4n) is 3.45. The van der Waals surface area contributed by atoms with E-state index in [0.717, 1.165) is 43.0 Å². The van der Waals surface area contributed by atoms with Crippen LogP contribution in [0.2, 0.25) is 0 Å². The quantitative estimate of drug-likeness (QED) is 0.825. The van der Waals surface area contributed by atoms with E-state index in [1.165, 1.54) is 18.1 Å². The van der Waals surface area contributed by atoms with Gasteiger partial charge in [-0.1, -0.05) is 0 Å². The molecule has 7 nitrogen and oxygen atoms in total. The highest BCUT2D eigenvalue weighted by Crippen LogP contribution is 2.33. The first-order chi connectivity index (χ1) is 13.2. The van der Waals surface area contributed by atoms with Crippen LogP contribution in [-0.2, 0) is 11.3 Å². The van der Waals surface area contributed by atoms with E-state index in [-0.39, 0.29) is 0 Å². The Morgan fingerprint density at radius 3 is 2.21 bits per heavy atom. The minimum Gasteiger partial charge on any atom is -0.475 e. The smallest absolute Gasteiger partial charge is 0.475 e. The second kappa shape index (κ2) is 8.39. The number of aliphatic carboxylic acids is 1. The Balaban J connectivity index is 0.000000279. The van der Waals surface area contributed by atoms with Crippen molar-refractivity contribution in [3.63, 3.8) is 0 Å². The molecule has 11 heteroatoms. The van der Waals surface area contributed by atoms with Crippen LogP contribution in [0.4, 0.5) is 19.1 Å². The van der Waals surface area contributed by atoms with Gasteiger partial charge in [0.05, 0.1) is 6.54 Å². The van der Waals surface area contributed by atoms with E-state index in [1.54, 1.807) is 11.3 Å². The maximum Gasteiger partial charge on any atom is 0.490 e. The molecule has 0 spiro atoms. The van der Waals surface area contributed by atoms with Crippen LogP contribution in [0.5, 0.6) is 0 Å². The molecule has 2 aromatic heterocycles. The molecule has 1 N–H and O–H groups in total. The maximum atomic E-state index is 10.6. The maximum absolute atomic E-state index is 10.6. The number of hydrogen-bond donors (Lipinski definition) is 1. The van der Waals surface area contributed by atoms with E-state index in [1.807, 2.05) is 25.5 Å². The number of halogens is 3. The predicted octanol–water partition coefficient (Wildman–Crippen LogP) is 2.44. The topological polar surface area (TPSA) is 82.5 Å². The van der Waals surface area contributed by atoms with Gasteiger partial charge in [0.1, 0.15) is 5.01 Å². The van der Waals surface area contributed by atoms with Crippen molar-refractivity contribution in [1.29, 1.82) is 0 Å². The molecule has 0 saturated carbocycles. The Morgan fingerprint density at radius 2 is 1.75 bits per heavy atom. The van der Waals surface area contributed by atoms with Gasteiger partial charge >= 0.3 is 12.1 Å². The predicted molar refractivity (Wildman–Crippen MR) is 97.0 cm³/mol. The summed E-state index contributed by atoms with van der Waals surface area (Å²) in [7, 11) is 0. The molecule has 0 unspecified atom stereocenters. The number of carbonyl (C=O) groups is 1. The number of rotatable bonds is 3. The van der Waals surface area contributed by atoms with Crippen LogP contribution in [0.1, 0.15) is 10.6 Å². The van der Waals surface area contributed by atoms with Crippen LogP contribution < -0.4 is 4.90 Å². The van der Waals surface area contributed by atoms with Crippen molar-refractivity contribution >= 4 is 23.3 Å². The zero-order valence-electron chi connectivity index (χ0n) is 15.1. The van der Waals surface area contributed by atoms with Crippen LogP contribution in [-0.4, -0.2) is 63.3 Å². The summed E-state index contributed by atoms with van der Waals surface area (Å²) in [5, 5.41) is 10.4. The number of nitrogens with zero attached hydrogens (tertiary/aromatic N) is 5. The summed E-state index contributed by atoms with van der Waals surface area (Å²) < 4.78 is 31.7. The standard InChI is InChI=1S/C15H19N5S.C2HF3O2/c1-11-4-17-15(18-5-11)20-8-12-6-19(7-13(12)9-20)10-14-16-2-3-21-14;3-2(4,5)1(6)7/h2-5,12-13H,6-10H2,1H3;(H,6,7)/t12-,13+;. The molecule has 2 aliphatic heterocycles. The Labute approximate surface area is 163 Å². The third kappa shape index (κ3) is 5.16. The van der Waals surface area contributed by atoms with Crippen LogP contribution in [0.25, 0.3) is 0 Å². The number of aryl methyl sites for hydroxylation is 1. The summed E-state index contributed by atoms with van der Waals surface area (Å²) in [5.74, 6) is -0.376. The Kier molecular flexibility index (Phi) is 6.14. The van der Waals surface area contributed by atoms with Gasteiger partial charge in [0.25, 0.3) is 0 Å². The molecule has 152 valence electrons. The SMILES string of the molecule is Cc1cnc(N2C[C@H]3CN(Cc4nccs4)C[C@H]3C2)nc1.O=C(O)C(F)(F)F. The van der Waals surface area contributed by atoms with E-state index in [2.05, 4.69) is 30.1 Å². The molecule has 0 aromatic carbocycles. The van der Waals surface area contributed by atoms with E-state index in [4.69, 9.17) is 9.90 Å². The normalized spacial score (nSPS) is 21.9. The van der Waals surface area contributed by atoms with Crippen LogP contribution in [0, 0.1) is 18.8 Å². The summed E-state index contributed by atoms with van der Waals surface area (Å²) in [6, 6.07) is 0. The Bertz CT molecular complexity index is 771. The Hall–Kier alpha value is -2.27. The van der Waals surface area contributed by atoms with Gasteiger partial charge in [0, 0.05) is 50.1 Å². The van der Waals surface area contributed by atoms with Gasteiger partial charge in [0.2, 0.25) is 5.95 Å². The minimum atomic E-state index is -5.08. The number of carboxylic acid groups (broad SMARTS) is 1. The molecule has 0 amide bonds. The number of carboxylic acids is 1. The van der Waals surface area contributed by atoms with Crippen molar-refractivity contribution in [2.75, 3.05) is 31.1 Å². The minimum absolute atomic E-state index is 0.745. The molecular weight excluding hydrogens is 395 g/mol. The largest absolute Gasteiger partial charge is 0.490 e. The monoisotopic (exact) mass is 415 g/mol. The highest BCUT2D eigenvalue weighted by atomic mass is 32.1. The van der Waals surface area contributed by atoms with Crippen LogP contribution in [0.3, 0.4) is 0 Å². The molecule has 0 bridgehead atoms. The van der Waals surface area contributed by atoms with Crippen molar-refractivity contribution in [3.05, 3.63) is 34.5 Å². The van der Waals surface area contributed by atoms with Crippen molar-refractivity contribution in [2.45, 2.75) is 19.6 Å². The third-order valence-electron chi connectivity index (χ3n) is 4.70. The molecule has 0 aliphatic carbocycles. The van der Waals surface area contributed by atoms with Gasteiger partial charge in [-0.2, -0.15) is 13.2 Å². The summed E-state index contributed by atoms with van der Waals surface area (Å²) in [6.07, 6.45) is 0.629.